The highest BCUT2D eigenvalue weighted by molar-refractivity contribution is 5.25. The Labute approximate surface area is 74.1 Å². The zero-order valence-electron chi connectivity index (χ0n) is 6.64. The summed E-state index contributed by atoms with van der Waals surface area (Å²) in [7, 11) is 4.74. The lowest BCUT2D eigenvalue weighted by Gasteiger charge is -2.07. The van der Waals surface area contributed by atoms with E-state index in [0.717, 1.165) is 12.1 Å². The molecule has 2 radical (unpaired) electrons. The first-order chi connectivity index (χ1) is 6.04. The Balaban J connectivity index is 2.92. The number of ether oxygens (including phenoxy) is 1. The van der Waals surface area contributed by atoms with E-state index in [2.05, 4.69) is 4.74 Å². The van der Waals surface area contributed by atoms with Gasteiger partial charge in [0, 0.05) is 0 Å². The predicted octanol–water partition coefficient (Wildman–Crippen LogP) is 2.89. The number of alkyl halides is 3. The third kappa shape index (κ3) is 2.73. The molecule has 0 bridgehead atoms. The molecule has 0 aliphatic carbocycles. The Morgan fingerprint density at radius 1 is 1.31 bits per heavy atom. The Morgan fingerprint density at radius 2 is 2.00 bits per heavy atom. The van der Waals surface area contributed by atoms with Crippen LogP contribution in [-0.4, -0.2) is 0 Å². The van der Waals surface area contributed by atoms with Crippen molar-refractivity contribution < 1.29 is 17.9 Å². The molecule has 0 saturated heterocycles. The highest BCUT2D eigenvalue weighted by Gasteiger charge is 2.30. The molecular weight excluding hydrogens is 181 g/mol. The summed E-state index contributed by atoms with van der Waals surface area (Å²) in [6, 6.07) is 4.84. The lowest BCUT2D eigenvalue weighted by molar-refractivity contribution is -0.137. The van der Waals surface area contributed by atoms with Crippen LogP contribution in [0.25, 0.3) is 0 Å². The third-order valence-electron chi connectivity index (χ3n) is 1.50. The number of hydrogen-bond acceptors (Lipinski definition) is 1. The number of benzene rings is 1. The minimum absolute atomic E-state index is 0.0239. The maximum atomic E-state index is 12.1. The molecule has 1 nitrogen and oxygen atoms in total. The SMILES string of the molecule is [CH]OCc1cccc(C(F)(F)F)c1. The Bertz CT molecular complexity index is 280. The molecule has 1 rings (SSSR count). The van der Waals surface area contributed by atoms with Crippen LogP contribution in [0.1, 0.15) is 11.1 Å². The van der Waals surface area contributed by atoms with Crippen molar-refractivity contribution in [1.29, 1.82) is 0 Å². The van der Waals surface area contributed by atoms with Gasteiger partial charge in [-0.1, -0.05) is 12.1 Å². The highest BCUT2D eigenvalue weighted by Crippen LogP contribution is 2.29. The van der Waals surface area contributed by atoms with Crippen molar-refractivity contribution in [3.05, 3.63) is 42.5 Å². The fourth-order valence-corrected chi connectivity index (χ4v) is 0.934. The lowest BCUT2D eigenvalue weighted by atomic mass is 10.1. The summed E-state index contributed by atoms with van der Waals surface area (Å²) in [5.41, 5.74) is -0.292. The third-order valence-corrected chi connectivity index (χ3v) is 1.50. The Hall–Kier alpha value is -1.03. The van der Waals surface area contributed by atoms with E-state index in [1.807, 2.05) is 0 Å². The smallest absolute Gasteiger partial charge is 0.368 e. The zero-order valence-corrected chi connectivity index (χ0v) is 6.64. The van der Waals surface area contributed by atoms with Crippen molar-refractivity contribution in [3.8, 4) is 0 Å². The Kier molecular flexibility index (Phi) is 2.93. The summed E-state index contributed by atoms with van der Waals surface area (Å²) < 4.78 is 40.6. The standard InChI is InChI=1S/C9H7F3O/c1-13-6-7-3-2-4-8(5-7)9(10,11)12/h1-5H,6H2. The van der Waals surface area contributed by atoms with Gasteiger partial charge in [0.2, 0.25) is 0 Å². The second-order valence-corrected chi connectivity index (χ2v) is 2.51. The maximum absolute atomic E-state index is 12.1. The summed E-state index contributed by atoms with van der Waals surface area (Å²) in [6.07, 6.45) is -4.31. The van der Waals surface area contributed by atoms with Crippen LogP contribution in [0.15, 0.2) is 24.3 Å². The van der Waals surface area contributed by atoms with Crippen molar-refractivity contribution >= 4 is 0 Å². The van der Waals surface area contributed by atoms with E-state index in [4.69, 9.17) is 7.11 Å². The minimum atomic E-state index is -4.31. The van der Waals surface area contributed by atoms with Gasteiger partial charge < -0.3 is 4.74 Å². The van der Waals surface area contributed by atoms with E-state index in [9.17, 15) is 13.2 Å². The number of rotatable bonds is 2. The second-order valence-electron chi connectivity index (χ2n) is 2.51. The number of hydrogen-bond donors (Lipinski definition) is 0. The van der Waals surface area contributed by atoms with Crippen LogP contribution in [0.3, 0.4) is 0 Å². The van der Waals surface area contributed by atoms with Crippen molar-refractivity contribution in [3.63, 3.8) is 0 Å². The first-order valence-corrected chi connectivity index (χ1v) is 3.52. The molecule has 70 valence electrons. The van der Waals surface area contributed by atoms with Gasteiger partial charge in [0.15, 0.2) is 0 Å². The average molecular weight is 188 g/mol. The predicted molar refractivity (Wildman–Crippen MR) is 40.5 cm³/mol. The van der Waals surface area contributed by atoms with E-state index in [1.54, 1.807) is 0 Å². The quantitative estimate of drug-likeness (QED) is 0.693. The molecule has 1 aromatic rings. The maximum Gasteiger partial charge on any atom is 0.416 e. The fraction of sp³-hybridized carbons (Fsp3) is 0.222. The summed E-state index contributed by atoms with van der Waals surface area (Å²) in [5, 5.41) is 0. The van der Waals surface area contributed by atoms with Gasteiger partial charge in [-0.3, -0.25) is 0 Å². The summed E-state index contributed by atoms with van der Waals surface area (Å²) in [4.78, 5) is 0. The minimum Gasteiger partial charge on any atom is -0.368 e. The first kappa shape index (κ1) is 10.1. The van der Waals surface area contributed by atoms with Crippen LogP contribution in [0.4, 0.5) is 13.2 Å². The van der Waals surface area contributed by atoms with Crippen molar-refractivity contribution in [2.45, 2.75) is 12.8 Å². The molecule has 0 aromatic heterocycles. The van der Waals surface area contributed by atoms with Crippen LogP contribution < -0.4 is 0 Å². The Morgan fingerprint density at radius 3 is 2.54 bits per heavy atom. The van der Waals surface area contributed by atoms with Gasteiger partial charge in [-0.05, 0) is 17.7 Å². The monoisotopic (exact) mass is 188 g/mol. The largest absolute Gasteiger partial charge is 0.416 e. The van der Waals surface area contributed by atoms with Gasteiger partial charge in [0.05, 0.1) is 12.2 Å². The second kappa shape index (κ2) is 3.79. The van der Waals surface area contributed by atoms with Crippen LogP contribution in [-0.2, 0) is 17.5 Å². The molecule has 0 atom stereocenters. The summed E-state index contributed by atoms with van der Waals surface area (Å²) >= 11 is 0. The molecular formula is C9H7F3O. The van der Waals surface area contributed by atoms with E-state index in [0.29, 0.717) is 5.56 Å². The molecule has 0 heterocycles. The zero-order chi connectivity index (χ0) is 9.90. The van der Waals surface area contributed by atoms with Gasteiger partial charge >= 0.3 is 6.18 Å². The molecule has 4 heteroatoms. The highest BCUT2D eigenvalue weighted by atomic mass is 19.4. The summed E-state index contributed by atoms with van der Waals surface area (Å²) in [5.74, 6) is 0. The van der Waals surface area contributed by atoms with Gasteiger partial charge in [-0.2, -0.15) is 13.2 Å². The molecule has 0 amide bonds. The van der Waals surface area contributed by atoms with E-state index in [1.165, 1.54) is 12.1 Å². The van der Waals surface area contributed by atoms with Crippen molar-refractivity contribution in [1.82, 2.24) is 0 Å². The first-order valence-electron chi connectivity index (χ1n) is 3.52. The van der Waals surface area contributed by atoms with Gasteiger partial charge in [-0.15, -0.1) is 0 Å². The normalized spacial score (nSPS) is 11.7. The van der Waals surface area contributed by atoms with Crippen LogP contribution in [0.2, 0.25) is 0 Å². The lowest BCUT2D eigenvalue weighted by Crippen LogP contribution is -2.05. The van der Waals surface area contributed by atoms with E-state index >= 15 is 0 Å². The van der Waals surface area contributed by atoms with E-state index < -0.39 is 11.7 Å². The van der Waals surface area contributed by atoms with Crippen molar-refractivity contribution in [2.75, 3.05) is 0 Å². The molecule has 13 heavy (non-hydrogen) atoms. The van der Waals surface area contributed by atoms with Gasteiger partial charge in [0.25, 0.3) is 0 Å². The molecule has 1 aromatic carbocycles. The van der Waals surface area contributed by atoms with E-state index in [-0.39, 0.29) is 6.61 Å². The molecule has 0 saturated carbocycles. The van der Waals surface area contributed by atoms with Gasteiger partial charge in [-0.25, -0.2) is 0 Å². The molecule has 0 aliphatic rings. The topological polar surface area (TPSA) is 9.23 Å². The van der Waals surface area contributed by atoms with Gasteiger partial charge in [0.1, 0.15) is 7.11 Å². The fourth-order valence-electron chi connectivity index (χ4n) is 0.934. The van der Waals surface area contributed by atoms with Crippen LogP contribution >= 0.6 is 0 Å². The van der Waals surface area contributed by atoms with Crippen molar-refractivity contribution in [2.24, 2.45) is 0 Å². The molecule has 0 fully saturated rings. The molecule has 0 aliphatic heterocycles. The van der Waals surface area contributed by atoms with Crippen LogP contribution in [0.5, 0.6) is 0 Å². The number of halogens is 3. The molecule has 0 unspecified atom stereocenters. The average Bonchev–Trinajstić information content (AvgIpc) is 2.04. The molecule has 0 spiro atoms. The molecule has 0 N–H and O–H groups in total. The summed E-state index contributed by atoms with van der Waals surface area (Å²) in [6.45, 7) is -0.0239. The van der Waals surface area contributed by atoms with Crippen LogP contribution in [0, 0.1) is 7.11 Å².